The minimum Gasteiger partial charge on any atom is -0.388 e. The Morgan fingerprint density at radius 1 is 1.53 bits per heavy atom. The van der Waals surface area contributed by atoms with Gasteiger partial charge in [0.1, 0.15) is 6.61 Å². The number of aromatic nitrogens is 1. The quantitative estimate of drug-likeness (QED) is 0.867. The van der Waals surface area contributed by atoms with Gasteiger partial charge in [-0.05, 0) is 38.3 Å². The molecular formula is C13H22N2O2. The third kappa shape index (κ3) is 2.24. The zero-order valence-electron chi connectivity index (χ0n) is 11.1. The molecule has 4 heteroatoms. The Bertz CT molecular complexity index is 385. The lowest BCUT2D eigenvalue weighted by Gasteiger charge is -2.55. The van der Waals surface area contributed by atoms with E-state index in [-0.39, 0.29) is 6.61 Å². The Morgan fingerprint density at radius 2 is 2.24 bits per heavy atom. The highest BCUT2D eigenvalue weighted by molar-refractivity contribution is 5.10. The molecule has 0 spiro atoms. The minimum absolute atomic E-state index is 0.0681. The fraction of sp³-hybridized carbons (Fsp3) is 0.769. The van der Waals surface area contributed by atoms with Crippen molar-refractivity contribution >= 4 is 0 Å². The van der Waals surface area contributed by atoms with Crippen molar-refractivity contribution < 1.29 is 9.63 Å². The first kappa shape index (κ1) is 12.6. The normalized spacial score (nSPS) is 27.2. The molecule has 0 bridgehead atoms. The van der Waals surface area contributed by atoms with E-state index in [0.717, 1.165) is 12.1 Å². The summed E-state index contributed by atoms with van der Waals surface area (Å²) in [4.78, 5) is 2.30. The summed E-state index contributed by atoms with van der Waals surface area (Å²) in [6, 6.07) is 2.51. The molecule has 0 aliphatic heterocycles. The highest BCUT2D eigenvalue weighted by Crippen LogP contribution is 2.49. The van der Waals surface area contributed by atoms with Crippen LogP contribution in [0, 0.1) is 11.3 Å². The van der Waals surface area contributed by atoms with Crippen LogP contribution in [0.1, 0.15) is 31.7 Å². The van der Waals surface area contributed by atoms with Crippen LogP contribution in [-0.2, 0) is 13.0 Å². The molecule has 0 unspecified atom stereocenters. The van der Waals surface area contributed by atoms with Gasteiger partial charge < -0.3 is 14.5 Å². The summed E-state index contributed by atoms with van der Waals surface area (Å²) in [5, 5.41) is 12.9. The summed E-state index contributed by atoms with van der Waals surface area (Å²) in [6.07, 6.45) is 2.15. The van der Waals surface area contributed by atoms with Crippen molar-refractivity contribution in [3.63, 3.8) is 0 Å². The van der Waals surface area contributed by atoms with E-state index in [4.69, 9.17) is 9.63 Å². The van der Waals surface area contributed by atoms with Crippen LogP contribution in [0.4, 0.5) is 0 Å². The average molecular weight is 238 g/mol. The number of hydrogen-bond donors (Lipinski definition) is 1. The molecule has 0 radical (unpaired) electrons. The van der Waals surface area contributed by atoms with Gasteiger partial charge in [-0.25, -0.2) is 0 Å². The van der Waals surface area contributed by atoms with Crippen molar-refractivity contribution in [2.75, 3.05) is 14.1 Å². The van der Waals surface area contributed by atoms with Gasteiger partial charge in [0.05, 0.1) is 5.69 Å². The van der Waals surface area contributed by atoms with Crippen LogP contribution in [0.15, 0.2) is 10.6 Å². The SMILES string of the molecule is CN(C)[C@H]1C[C@@H](Cc2cc(CO)on2)C1(C)C. The Morgan fingerprint density at radius 3 is 2.71 bits per heavy atom. The van der Waals surface area contributed by atoms with Gasteiger partial charge in [-0.2, -0.15) is 0 Å². The highest BCUT2D eigenvalue weighted by Gasteiger charge is 2.48. The van der Waals surface area contributed by atoms with Crippen LogP contribution < -0.4 is 0 Å². The van der Waals surface area contributed by atoms with E-state index in [2.05, 4.69) is 38.0 Å². The van der Waals surface area contributed by atoms with Crippen molar-refractivity contribution in [2.45, 2.75) is 39.3 Å². The number of aliphatic hydroxyl groups excluding tert-OH is 1. The third-order valence-corrected chi connectivity index (χ3v) is 4.26. The zero-order valence-corrected chi connectivity index (χ0v) is 11.1. The molecule has 1 aliphatic rings. The molecule has 0 amide bonds. The van der Waals surface area contributed by atoms with E-state index in [0.29, 0.717) is 23.1 Å². The largest absolute Gasteiger partial charge is 0.388 e. The van der Waals surface area contributed by atoms with Crippen molar-refractivity contribution in [3.05, 3.63) is 17.5 Å². The Labute approximate surface area is 103 Å². The van der Waals surface area contributed by atoms with E-state index in [1.54, 1.807) is 0 Å². The van der Waals surface area contributed by atoms with Crippen LogP contribution in [0.25, 0.3) is 0 Å². The Balaban J connectivity index is 1.98. The van der Waals surface area contributed by atoms with Gasteiger partial charge in [0, 0.05) is 12.1 Å². The fourth-order valence-electron chi connectivity index (χ4n) is 2.99. The number of nitrogens with zero attached hydrogens (tertiary/aromatic N) is 2. The number of rotatable bonds is 4. The Kier molecular flexibility index (Phi) is 3.27. The van der Waals surface area contributed by atoms with Crippen LogP contribution in [0.2, 0.25) is 0 Å². The fourth-order valence-corrected chi connectivity index (χ4v) is 2.99. The summed E-state index contributed by atoms with van der Waals surface area (Å²) in [7, 11) is 4.28. The Hall–Kier alpha value is -0.870. The second kappa shape index (κ2) is 4.42. The number of aliphatic hydroxyl groups is 1. The summed E-state index contributed by atoms with van der Waals surface area (Å²) in [5.74, 6) is 1.20. The molecular weight excluding hydrogens is 216 g/mol. The van der Waals surface area contributed by atoms with Crippen molar-refractivity contribution in [1.29, 1.82) is 0 Å². The topological polar surface area (TPSA) is 49.5 Å². The summed E-state index contributed by atoms with van der Waals surface area (Å²) < 4.78 is 5.02. The smallest absolute Gasteiger partial charge is 0.162 e. The first-order valence-corrected chi connectivity index (χ1v) is 6.17. The molecule has 1 N–H and O–H groups in total. The third-order valence-electron chi connectivity index (χ3n) is 4.26. The lowest BCUT2D eigenvalue weighted by atomic mass is 9.57. The molecule has 2 atom stereocenters. The molecule has 0 saturated heterocycles. The van der Waals surface area contributed by atoms with E-state index in [9.17, 15) is 0 Å². The first-order chi connectivity index (χ1) is 7.95. The van der Waals surface area contributed by atoms with Gasteiger partial charge in [-0.1, -0.05) is 19.0 Å². The van der Waals surface area contributed by atoms with Gasteiger partial charge >= 0.3 is 0 Å². The molecule has 1 saturated carbocycles. The van der Waals surface area contributed by atoms with Crippen molar-refractivity contribution in [2.24, 2.45) is 11.3 Å². The summed E-state index contributed by atoms with van der Waals surface area (Å²) in [6.45, 7) is 4.57. The summed E-state index contributed by atoms with van der Waals surface area (Å²) in [5.41, 5.74) is 1.28. The van der Waals surface area contributed by atoms with Gasteiger partial charge in [0.15, 0.2) is 5.76 Å². The molecule has 1 aromatic rings. The molecule has 1 aliphatic carbocycles. The molecule has 0 aromatic carbocycles. The zero-order chi connectivity index (χ0) is 12.6. The average Bonchev–Trinajstić information content (AvgIpc) is 2.70. The van der Waals surface area contributed by atoms with E-state index < -0.39 is 0 Å². The molecule has 2 rings (SSSR count). The molecule has 4 nitrogen and oxygen atoms in total. The van der Waals surface area contributed by atoms with Crippen LogP contribution >= 0.6 is 0 Å². The van der Waals surface area contributed by atoms with Gasteiger partial charge in [0.25, 0.3) is 0 Å². The predicted molar refractivity (Wildman–Crippen MR) is 65.5 cm³/mol. The predicted octanol–water partition coefficient (Wildman–Crippen LogP) is 1.69. The highest BCUT2D eigenvalue weighted by atomic mass is 16.5. The van der Waals surface area contributed by atoms with Gasteiger partial charge in [-0.15, -0.1) is 0 Å². The molecule has 96 valence electrons. The maximum absolute atomic E-state index is 8.93. The van der Waals surface area contributed by atoms with Crippen LogP contribution in [0.5, 0.6) is 0 Å². The van der Waals surface area contributed by atoms with Crippen molar-refractivity contribution in [1.82, 2.24) is 10.1 Å². The molecule has 1 aromatic heterocycles. The lowest BCUT2D eigenvalue weighted by molar-refractivity contribution is -0.0421. The van der Waals surface area contributed by atoms with Gasteiger partial charge in [0.2, 0.25) is 0 Å². The monoisotopic (exact) mass is 238 g/mol. The van der Waals surface area contributed by atoms with Gasteiger partial charge in [-0.3, -0.25) is 0 Å². The minimum atomic E-state index is -0.0681. The maximum Gasteiger partial charge on any atom is 0.162 e. The molecule has 1 heterocycles. The molecule has 1 fully saturated rings. The van der Waals surface area contributed by atoms with Crippen LogP contribution in [0.3, 0.4) is 0 Å². The lowest BCUT2D eigenvalue weighted by Crippen LogP contribution is -2.56. The molecule has 17 heavy (non-hydrogen) atoms. The standard InChI is InChI=1S/C13H22N2O2/c1-13(2)9(6-12(13)15(3)4)5-10-7-11(8-16)17-14-10/h7,9,12,16H,5-6,8H2,1-4H3/t9-,12+/m1/s1. The van der Waals surface area contributed by atoms with E-state index in [1.807, 2.05) is 6.07 Å². The van der Waals surface area contributed by atoms with Crippen molar-refractivity contribution in [3.8, 4) is 0 Å². The van der Waals surface area contributed by atoms with E-state index >= 15 is 0 Å². The first-order valence-electron chi connectivity index (χ1n) is 6.17. The summed E-state index contributed by atoms with van der Waals surface area (Å²) >= 11 is 0. The van der Waals surface area contributed by atoms with Crippen LogP contribution in [-0.4, -0.2) is 35.3 Å². The second-order valence-corrected chi connectivity index (χ2v) is 5.88. The van der Waals surface area contributed by atoms with E-state index in [1.165, 1.54) is 6.42 Å². The number of hydrogen-bond acceptors (Lipinski definition) is 4. The second-order valence-electron chi connectivity index (χ2n) is 5.88. The maximum atomic E-state index is 8.93.